The number of carbonyl (C=O) groups excluding carboxylic acids is 3. The number of unbranched alkanes of at least 4 members (excludes halogenated alkanes) is 5. The van der Waals surface area contributed by atoms with Gasteiger partial charge < -0.3 is 14.2 Å². The van der Waals surface area contributed by atoms with E-state index in [1.54, 1.807) is 6.08 Å². The third kappa shape index (κ3) is 40.5. The molecule has 0 radical (unpaired) electrons. The Kier molecular flexibility index (Phi) is 39.4. The highest BCUT2D eigenvalue weighted by Gasteiger charge is 2.19. The van der Waals surface area contributed by atoms with E-state index in [1.807, 2.05) is 66.8 Å². The third-order valence-corrected chi connectivity index (χ3v) is 7.76. The number of allylic oxidation sites excluding steroid dienone is 23. The van der Waals surface area contributed by atoms with E-state index < -0.39 is 18.0 Å². The first-order valence-corrected chi connectivity index (χ1v) is 20.9. The Bertz CT molecular complexity index is 1340. The van der Waals surface area contributed by atoms with Crippen molar-refractivity contribution in [1.29, 1.82) is 0 Å². The van der Waals surface area contributed by atoms with Crippen molar-refractivity contribution in [2.75, 3.05) is 13.2 Å². The molecule has 56 heavy (non-hydrogen) atoms. The van der Waals surface area contributed by atoms with Gasteiger partial charge in [-0.15, -0.1) is 0 Å². The Hall–Kier alpha value is -4.71. The fourth-order valence-electron chi connectivity index (χ4n) is 4.72. The Balaban J connectivity index is 4.63. The summed E-state index contributed by atoms with van der Waals surface area (Å²) < 4.78 is 16.5. The molecule has 0 heterocycles. The first kappa shape index (κ1) is 51.3. The highest BCUT2D eigenvalue weighted by atomic mass is 16.6. The summed E-state index contributed by atoms with van der Waals surface area (Å²) in [5, 5.41) is 0. The number of ether oxygens (including phenoxy) is 3. The number of hydrogen-bond donors (Lipinski definition) is 0. The molecule has 0 aromatic carbocycles. The molecule has 1 atom stereocenters. The first-order chi connectivity index (χ1) is 27.5. The molecule has 0 rings (SSSR count). The summed E-state index contributed by atoms with van der Waals surface area (Å²) in [6.07, 6.45) is 61.5. The summed E-state index contributed by atoms with van der Waals surface area (Å²) in [5.41, 5.74) is 0. The van der Waals surface area contributed by atoms with E-state index in [2.05, 4.69) is 93.7 Å². The lowest BCUT2D eigenvalue weighted by molar-refractivity contribution is -0.166. The van der Waals surface area contributed by atoms with Gasteiger partial charge in [0.2, 0.25) is 0 Å². The molecule has 0 spiro atoms. The van der Waals surface area contributed by atoms with E-state index in [0.717, 1.165) is 77.0 Å². The van der Waals surface area contributed by atoms with Gasteiger partial charge in [0.15, 0.2) is 6.10 Å². The largest absolute Gasteiger partial charge is 0.462 e. The molecule has 0 N–H and O–H groups in total. The van der Waals surface area contributed by atoms with Gasteiger partial charge in [-0.25, -0.2) is 0 Å². The minimum absolute atomic E-state index is 0.110. The maximum atomic E-state index is 12.6. The van der Waals surface area contributed by atoms with E-state index >= 15 is 0 Å². The quantitative estimate of drug-likeness (QED) is 0.0213. The molecule has 6 nitrogen and oxygen atoms in total. The van der Waals surface area contributed by atoms with Crippen LogP contribution in [0, 0.1) is 0 Å². The number of hydrogen-bond acceptors (Lipinski definition) is 6. The van der Waals surface area contributed by atoms with Gasteiger partial charge in [0, 0.05) is 12.8 Å². The molecule has 308 valence electrons. The van der Waals surface area contributed by atoms with Gasteiger partial charge in [-0.3, -0.25) is 14.4 Å². The maximum absolute atomic E-state index is 12.6. The average molecular weight is 769 g/mol. The number of carbonyl (C=O) groups is 3. The third-order valence-electron chi connectivity index (χ3n) is 7.76. The van der Waals surface area contributed by atoms with Crippen LogP contribution in [-0.2, 0) is 28.6 Å². The van der Waals surface area contributed by atoms with Gasteiger partial charge in [-0.1, -0.05) is 173 Å². The molecule has 0 saturated carbocycles. The summed E-state index contributed by atoms with van der Waals surface area (Å²) in [7, 11) is 0. The van der Waals surface area contributed by atoms with Crippen LogP contribution in [0.1, 0.15) is 130 Å². The van der Waals surface area contributed by atoms with Crippen LogP contribution in [0.5, 0.6) is 0 Å². The molecule has 0 aromatic rings. The van der Waals surface area contributed by atoms with Crippen LogP contribution >= 0.6 is 0 Å². The molecule has 0 aromatic heterocycles. The molecule has 1 unspecified atom stereocenters. The van der Waals surface area contributed by atoms with Crippen LogP contribution in [0.15, 0.2) is 146 Å². The van der Waals surface area contributed by atoms with Crippen molar-refractivity contribution in [3.05, 3.63) is 146 Å². The first-order valence-electron chi connectivity index (χ1n) is 20.9. The van der Waals surface area contributed by atoms with Crippen LogP contribution in [0.3, 0.4) is 0 Å². The van der Waals surface area contributed by atoms with Crippen molar-refractivity contribution in [1.82, 2.24) is 0 Å². The fraction of sp³-hybridized carbons (Fsp3) is 0.460. The van der Waals surface area contributed by atoms with Crippen molar-refractivity contribution in [3.8, 4) is 0 Å². The Labute approximate surface area is 340 Å². The molecule has 0 aliphatic carbocycles. The van der Waals surface area contributed by atoms with Crippen molar-refractivity contribution in [2.45, 2.75) is 136 Å². The van der Waals surface area contributed by atoms with Gasteiger partial charge in [-0.2, -0.15) is 0 Å². The number of esters is 3. The summed E-state index contributed by atoms with van der Waals surface area (Å²) >= 11 is 0. The van der Waals surface area contributed by atoms with E-state index in [4.69, 9.17) is 14.2 Å². The van der Waals surface area contributed by atoms with E-state index in [0.29, 0.717) is 12.8 Å². The molecular weight excluding hydrogens is 697 g/mol. The standard InChI is InChI=1S/C50H72O6/c1-4-7-10-13-16-19-21-23-24-25-26-27-29-31-34-37-40-43-49(52)55-46-47(45-54-48(51)42-39-36-33-30-18-15-12-9-6-3)56-50(53)44-41-38-35-32-28-22-20-17-14-11-8-5-2/h7-13,16-21,23-30,32,36,39,47H,4-6,14-15,22,31,33-35,37-38,40-46H2,1-3H3/b10-7-,11-8-,12-9-,16-13-,20-17-,21-19-,24-23-,26-25+,29-27-,30-18-,32-28-,39-36-. The van der Waals surface area contributed by atoms with Crippen molar-refractivity contribution in [2.24, 2.45) is 0 Å². The van der Waals surface area contributed by atoms with Crippen LogP contribution in [0.2, 0.25) is 0 Å². The molecule has 0 aliphatic rings. The van der Waals surface area contributed by atoms with Crippen LogP contribution in [-0.4, -0.2) is 37.2 Å². The van der Waals surface area contributed by atoms with Gasteiger partial charge >= 0.3 is 17.9 Å². The smallest absolute Gasteiger partial charge is 0.309 e. The highest BCUT2D eigenvalue weighted by Crippen LogP contribution is 2.09. The predicted molar refractivity (Wildman–Crippen MR) is 237 cm³/mol. The van der Waals surface area contributed by atoms with Crippen molar-refractivity contribution in [3.63, 3.8) is 0 Å². The Morgan fingerprint density at radius 3 is 1.38 bits per heavy atom. The second-order valence-electron chi connectivity index (χ2n) is 12.9. The number of rotatable bonds is 34. The monoisotopic (exact) mass is 769 g/mol. The molecule has 0 amide bonds. The molecule has 0 fully saturated rings. The Morgan fingerprint density at radius 2 is 0.804 bits per heavy atom. The zero-order valence-corrected chi connectivity index (χ0v) is 34.8. The SMILES string of the molecule is CC\C=C/C=C\C=C/C=C\C=C\C=C/CCCCCC(=O)OCC(COC(=O)C/C=C\C/C=C\C/C=C\CC)OC(=O)CCCC/C=C\C/C=C\C/C=C\CC. The van der Waals surface area contributed by atoms with E-state index in [-0.39, 0.29) is 38.4 Å². The van der Waals surface area contributed by atoms with Crippen molar-refractivity contribution < 1.29 is 28.6 Å². The summed E-state index contributed by atoms with van der Waals surface area (Å²) in [6, 6.07) is 0. The zero-order valence-electron chi connectivity index (χ0n) is 34.8. The zero-order chi connectivity index (χ0) is 40.8. The van der Waals surface area contributed by atoms with Crippen LogP contribution < -0.4 is 0 Å². The lowest BCUT2D eigenvalue weighted by atomic mass is 10.1. The minimum Gasteiger partial charge on any atom is -0.462 e. The molecule has 0 saturated heterocycles. The van der Waals surface area contributed by atoms with E-state index in [9.17, 15) is 14.4 Å². The van der Waals surface area contributed by atoms with Gasteiger partial charge in [0.25, 0.3) is 0 Å². The molecule has 6 heteroatoms. The lowest BCUT2D eigenvalue weighted by Gasteiger charge is -2.18. The summed E-state index contributed by atoms with van der Waals surface area (Å²) in [5.74, 6) is -1.18. The lowest BCUT2D eigenvalue weighted by Crippen LogP contribution is -2.30. The Morgan fingerprint density at radius 1 is 0.393 bits per heavy atom. The van der Waals surface area contributed by atoms with Gasteiger partial charge in [0.05, 0.1) is 6.42 Å². The predicted octanol–water partition coefficient (Wildman–Crippen LogP) is 13.4. The fourth-order valence-corrected chi connectivity index (χ4v) is 4.72. The highest BCUT2D eigenvalue weighted by molar-refractivity contribution is 5.72. The molecule has 0 bridgehead atoms. The van der Waals surface area contributed by atoms with Gasteiger partial charge in [-0.05, 0) is 83.5 Å². The van der Waals surface area contributed by atoms with Crippen LogP contribution in [0.4, 0.5) is 0 Å². The normalized spacial score (nSPS) is 13.6. The minimum atomic E-state index is -0.855. The molecule has 0 aliphatic heterocycles. The van der Waals surface area contributed by atoms with Gasteiger partial charge in [0.1, 0.15) is 13.2 Å². The average Bonchev–Trinajstić information content (AvgIpc) is 3.19. The second-order valence-corrected chi connectivity index (χ2v) is 12.9. The maximum Gasteiger partial charge on any atom is 0.309 e. The van der Waals surface area contributed by atoms with E-state index in [1.165, 1.54) is 0 Å². The topological polar surface area (TPSA) is 78.9 Å². The summed E-state index contributed by atoms with van der Waals surface area (Å²) in [4.78, 5) is 37.5. The second kappa shape index (κ2) is 43.0. The summed E-state index contributed by atoms with van der Waals surface area (Å²) in [6.45, 7) is 6.02. The van der Waals surface area contributed by atoms with Crippen LogP contribution in [0.25, 0.3) is 0 Å². The molecular formula is C50H72O6. The van der Waals surface area contributed by atoms with Crippen molar-refractivity contribution >= 4 is 17.9 Å².